The van der Waals surface area contributed by atoms with Gasteiger partial charge in [0.05, 0.1) is 13.2 Å². The summed E-state index contributed by atoms with van der Waals surface area (Å²) in [4.78, 5) is 23.1. The lowest BCUT2D eigenvalue weighted by atomic mass is 10.2. The van der Waals surface area contributed by atoms with Crippen LogP contribution < -0.4 is 0 Å². The molecule has 1 rings (SSSR count). The highest BCUT2D eigenvalue weighted by Crippen LogP contribution is 2.06. The third-order valence-corrected chi connectivity index (χ3v) is 2.30. The summed E-state index contributed by atoms with van der Waals surface area (Å²) in [5, 5.41) is 0. The zero-order chi connectivity index (χ0) is 14.3. The Labute approximate surface area is 112 Å². The summed E-state index contributed by atoms with van der Waals surface area (Å²) >= 11 is 0. The molecule has 0 aliphatic rings. The number of allylic oxidation sites excluding steroid dienone is 1. The third kappa shape index (κ3) is 4.79. The SMILES string of the molecule is C=C(C)C(=O)C(=CC(=O)OCc1ccccc1)OC. The Hall–Kier alpha value is -2.36. The minimum absolute atomic E-state index is 0.0782. The molecular formula is C15H16O4. The molecule has 19 heavy (non-hydrogen) atoms. The van der Waals surface area contributed by atoms with Crippen molar-refractivity contribution in [2.45, 2.75) is 13.5 Å². The van der Waals surface area contributed by atoms with Gasteiger partial charge in [0.25, 0.3) is 0 Å². The summed E-state index contributed by atoms with van der Waals surface area (Å²) in [6.07, 6.45) is 1.03. The molecular weight excluding hydrogens is 244 g/mol. The molecule has 0 fully saturated rings. The molecule has 0 saturated heterocycles. The highest BCUT2D eigenvalue weighted by atomic mass is 16.5. The Morgan fingerprint density at radius 3 is 2.42 bits per heavy atom. The van der Waals surface area contributed by atoms with E-state index in [0.717, 1.165) is 11.6 Å². The zero-order valence-electron chi connectivity index (χ0n) is 11.0. The van der Waals surface area contributed by atoms with Crippen LogP contribution in [0.2, 0.25) is 0 Å². The maximum absolute atomic E-state index is 11.6. The summed E-state index contributed by atoms with van der Waals surface area (Å²) in [5.74, 6) is -1.12. The number of Topliss-reactive ketones (excluding diaryl/α,β-unsaturated/α-hetero) is 1. The van der Waals surface area contributed by atoms with Crippen LogP contribution in [0.25, 0.3) is 0 Å². The minimum atomic E-state index is -0.629. The van der Waals surface area contributed by atoms with E-state index in [2.05, 4.69) is 6.58 Å². The number of carbonyl (C=O) groups is 2. The van der Waals surface area contributed by atoms with Gasteiger partial charge in [-0.05, 0) is 18.1 Å². The zero-order valence-corrected chi connectivity index (χ0v) is 11.0. The van der Waals surface area contributed by atoms with E-state index in [0.29, 0.717) is 5.57 Å². The predicted molar refractivity (Wildman–Crippen MR) is 71.2 cm³/mol. The second-order valence-corrected chi connectivity index (χ2v) is 3.92. The molecule has 4 heteroatoms. The number of esters is 1. The Morgan fingerprint density at radius 1 is 1.26 bits per heavy atom. The lowest BCUT2D eigenvalue weighted by Gasteiger charge is -2.05. The lowest BCUT2D eigenvalue weighted by molar-refractivity contribution is -0.139. The number of ketones is 1. The Bertz CT molecular complexity index is 500. The first-order valence-electron chi connectivity index (χ1n) is 5.71. The fraction of sp³-hybridized carbons (Fsp3) is 0.200. The topological polar surface area (TPSA) is 52.6 Å². The van der Waals surface area contributed by atoms with Gasteiger partial charge >= 0.3 is 5.97 Å². The number of benzene rings is 1. The van der Waals surface area contributed by atoms with Gasteiger partial charge in [0.15, 0.2) is 5.76 Å². The molecule has 1 aromatic rings. The van der Waals surface area contributed by atoms with Gasteiger partial charge in [-0.25, -0.2) is 4.79 Å². The standard InChI is InChI=1S/C15H16O4/c1-11(2)15(17)13(18-3)9-14(16)19-10-12-7-5-4-6-8-12/h4-9H,1,10H2,2-3H3. The Morgan fingerprint density at radius 2 is 1.89 bits per heavy atom. The Kier molecular flexibility index (Phi) is 5.54. The molecule has 4 nitrogen and oxygen atoms in total. The highest BCUT2D eigenvalue weighted by molar-refractivity contribution is 6.08. The van der Waals surface area contributed by atoms with Crippen LogP contribution in [0.5, 0.6) is 0 Å². The van der Waals surface area contributed by atoms with Crippen LogP contribution in [-0.4, -0.2) is 18.9 Å². The Balaban J connectivity index is 2.62. The quantitative estimate of drug-likeness (QED) is 0.448. The van der Waals surface area contributed by atoms with Crippen molar-refractivity contribution in [3.8, 4) is 0 Å². The molecule has 0 heterocycles. The molecule has 1 aromatic carbocycles. The monoisotopic (exact) mass is 260 g/mol. The van der Waals surface area contributed by atoms with E-state index in [9.17, 15) is 9.59 Å². The van der Waals surface area contributed by atoms with E-state index in [1.54, 1.807) is 6.92 Å². The van der Waals surface area contributed by atoms with E-state index >= 15 is 0 Å². The summed E-state index contributed by atoms with van der Waals surface area (Å²) in [6, 6.07) is 9.26. The van der Waals surface area contributed by atoms with E-state index in [1.165, 1.54) is 7.11 Å². The van der Waals surface area contributed by atoms with Crippen molar-refractivity contribution in [1.82, 2.24) is 0 Å². The van der Waals surface area contributed by atoms with Crippen molar-refractivity contribution < 1.29 is 19.1 Å². The number of hydrogen-bond acceptors (Lipinski definition) is 4. The second-order valence-electron chi connectivity index (χ2n) is 3.92. The normalized spacial score (nSPS) is 10.7. The third-order valence-electron chi connectivity index (χ3n) is 2.30. The van der Waals surface area contributed by atoms with E-state index in [4.69, 9.17) is 9.47 Å². The van der Waals surface area contributed by atoms with Crippen LogP contribution in [0.15, 0.2) is 54.3 Å². The first-order chi connectivity index (χ1) is 9.04. The molecule has 0 aliphatic heterocycles. The largest absolute Gasteiger partial charge is 0.492 e. The fourth-order valence-electron chi connectivity index (χ4n) is 1.30. The molecule has 0 spiro atoms. The maximum Gasteiger partial charge on any atom is 0.334 e. The molecule has 0 bridgehead atoms. The number of ether oxygens (including phenoxy) is 2. The van der Waals surface area contributed by atoms with Crippen LogP contribution in [0.1, 0.15) is 12.5 Å². The van der Waals surface area contributed by atoms with Crippen LogP contribution in [-0.2, 0) is 25.7 Å². The van der Waals surface area contributed by atoms with Gasteiger partial charge in [0.2, 0.25) is 5.78 Å². The summed E-state index contributed by atoms with van der Waals surface area (Å²) in [7, 11) is 1.32. The van der Waals surface area contributed by atoms with Crippen molar-refractivity contribution in [1.29, 1.82) is 0 Å². The summed E-state index contributed by atoms with van der Waals surface area (Å²) < 4.78 is 9.86. The van der Waals surface area contributed by atoms with Gasteiger partial charge < -0.3 is 9.47 Å². The first kappa shape index (κ1) is 14.7. The van der Waals surface area contributed by atoms with E-state index in [-0.39, 0.29) is 12.4 Å². The van der Waals surface area contributed by atoms with Gasteiger partial charge in [0.1, 0.15) is 6.61 Å². The van der Waals surface area contributed by atoms with Crippen molar-refractivity contribution in [3.05, 3.63) is 59.9 Å². The smallest absolute Gasteiger partial charge is 0.334 e. The van der Waals surface area contributed by atoms with Crippen molar-refractivity contribution >= 4 is 11.8 Å². The molecule has 0 unspecified atom stereocenters. The molecule has 0 aliphatic carbocycles. The van der Waals surface area contributed by atoms with Gasteiger partial charge in [0, 0.05) is 0 Å². The van der Waals surface area contributed by atoms with E-state index in [1.807, 2.05) is 30.3 Å². The molecule has 0 amide bonds. The fourth-order valence-corrected chi connectivity index (χ4v) is 1.30. The van der Waals surface area contributed by atoms with Crippen LogP contribution in [0.3, 0.4) is 0 Å². The van der Waals surface area contributed by atoms with Crippen molar-refractivity contribution in [2.75, 3.05) is 7.11 Å². The molecule has 100 valence electrons. The number of hydrogen-bond donors (Lipinski definition) is 0. The summed E-state index contributed by atoms with van der Waals surface area (Å²) in [5.41, 5.74) is 1.17. The molecule has 0 saturated carbocycles. The lowest BCUT2D eigenvalue weighted by Crippen LogP contribution is -2.09. The second kappa shape index (κ2) is 7.16. The number of rotatable bonds is 6. The molecule has 0 radical (unpaired) electrons. The number of carbonyl (C=O) groups excluding carboxylic acids is 2. The number of methoxy groups -OCH3 is 1. The average molecular weight is 260 g/mol. The maximum atomic E-state index is 11.6. The molecule has 0 aromatic heterocycles. The highest BCUT2D eigenvalue weighted by Gasteiger charge is 2.13. The first-order valence-corrected chi connectivity index (χ1v) is 5.71. The molecule has 0 atom stereocenters. The average Bonchev–Trinajstić information content (AvgIpc) is 2.42. The van der Waals surface area contributed by atoms with E-state index < -0.39 is 11.8 Å². The van der Waals surface area contributed by atoms with Crippen molar-refractivity contribution in [2.24, 2.45) is 0 Å². The molecule has 0 N–H and O–H groups in total. The van der Waals surface area contributed by atoms with Gasteiger partial charge in [-0.1, -0.05) is 36.9 Å². The van der Waals surface area contributed by atoms with Gasteiger partial charge in [-0.3, -0.25) is 4.79 Å². The predicted octanol–water partition coefficient (Wildman–Crippen LogP) is 2.41. The van der Waals surface area contributed by atoms with Crippen LogP contribution in [0.4, 0.5) is 0 Å². The van der Waals surface area contributed by atoms with Crippen molar-refractivity contribution in [3.63, 3.8) is 0 Å². The summed E-state index contributed by atoms with van der Waals surface area (Å²) in [6.45, 7) is 5.20. The van der Waals surface area contributed by atoms with Gasteiger partial charge in [-0.2, -0.15) is 0 Å². The minimum Gasteiger partial charge on any atom is -0.492 e. The van der Waals surface area contributed by atoms with Crippen LogP contribution in [0, 0.1) is 0 Å². The van der Waals surface area contributed by atoms with Gasteiger partial charge in [-0.15, -0.1) is 0 Å². The van der Waals surface area contributed by atoms with Crippen LogP contribution >= 0.6 is 0 Å².